The van der Waals surface area contributed by atoms with E-state index in [0.717, 1.165) is 12.0 Å². The average Bonchev–Trinajstić information content (AvgIpc) is 2.15. The predicted octanol–water partition coefficient (Wildman–Crippen LogP) is 2.76. The van der Waals surface area contributed by atoms with Crippen LogP contribution in [-0.4, -0.2) is 12.8 Å². The average molecular weight is 177 g/mol. The quantitative estimate of drug-likeness (QED) is 0.393. The molecule has 70 valence electrons. The van der Waals surface area contributed by atoms with Crippen molar-refractivity contribution in [3.05, 3.63) is 35.4 Å². The molecule has 1 rings (SSSR count). The minimum Gasteiger partial charge on any atom is -0.396 e. The highest BCUT2D eigenvalue weighted by molar-refractivity contribution is 5.80. The molecule has 0 N–H and O–H groups in total. The van der Waals surface area contributed by atoms with Crippen LogP contribution in [-0.2, 0) is 4.84 Å². The topological polar surface area (TPSA) is 21.6 Å². The molecular formula is C11H15NO. The second kappa shape index (κ2) is 5.36. The molecule has 0 unspecified atom stereocenters. The number of nitrogens with zero attached hydrogens (tertiary/aromatic N) is 1. The lowest BCUT2D eigenvalue weighted by Gasteiger charge is -1.98. The van der Waals surface area contributed by atoms with E-state index in [4.69, 9.17) is 4.84 Å². The van der Waals surface area contributed by atoms with Gasteiger partial charge in [0, 0.05) is 0 Å². The Labute approximate surface area is 79.2 Å². The zero-order chi connectivity index (χ0) is 9.52. The summed E-state index contributed by atoms with van der Waals surface area (Å²) in [5.41, 5.74) is 2.32. The van der Waals surface area contributed by atoms with Gasteiger partial charge in [0.15, 0.2) is 0 Å². The van der Waals surface area contributed by atoms with Crippen LogP contribution < -0.4 is 0 Å². The molecule has 0 aliphatic heterocycles. The Kier molecular flexibility index (Phi) is 4.03. The van der Waals surface area contributed by atoms with Crippen LogP contribution in [0.2, 0.25) is 0 Å². The van der Waals surface area contributed by atoms with Crippen molar-refractivity contribution in [3.8, 4) is 0 Å². The Morgan fingerprint density at radius 2 is 2.15 bits per heavy atom. The fourth-order valence-electron chi connectivity index (χ4n) is 0.970. The van der Waals surface area contributed by atoms with Gasteiger partial charge in [-0.15, -0.1) is 0 Å². The molecule has 0 radical (unpaired) electrons. The minimum absolute atomic E-state index is 0.683. The lowest BCUT2D eigenvalue weighted by molar-refractivity contribution is 0.146. The largest absolute Gasteiger partial charge is 0.396 e. The molecule has 0 fully saturated rings. The highest BCUT2D eigenvalue weighted by atomic mass is 16.6. The van der Waals surface area contributed by atoms with Crippen LogP contribution in [0.15, 0.2) is 29.4 Å². The predicted molar refractivity (Wildman–Crippen MR) is 55.0 cm³/mol. The number of oxime groups is 1. The number of aryl methyl sites for hydroxylation is 1. The van der Waals surface area contributed by atoms with Crippen LogP contribution in [0.1, 0.15) is 24.5 Å². The first kappa shape index (κ1) is 9.78. The fraction of sp³-hybridized carbons (Fsp3) is 0.364. The van der Waals surface area contributed by atoms with Gasteiger partial charge < -0.3 is 4.84 Å². The second-order valence-electron chi connectivity index (χ2n) is 2.92. The molecular weight excluding hydrogens is 162 g/mol. The van der Waals surface area contributed by atoms with E-state index in [0.29, 0.717) is 6.61 Å². The van der Waals surface area contributed by atoms with Crippen molar-refractivity contribution in [3.63, 3.8) is 0 Å². The highest BCUT2D eigenvalue weighted by Gasteiger charge is 1.90. The SMILES string of the molecule is CCCON=Cc1ccccc1C. The van der Waals surface area contributed by atoms with Crippen LogP contribution in [0.3, 0.4) is 0 Å². The number of hydrogen-bond acceptors (Lipinski definition) is 2. The van der Waals surface area contributed by atoms with Crippen LogP contribution in [0, 0.1) is 6.92 Å². The summed E-state index contributed by atoms with van der Waals surface area (Å²) in [6.45, 7) is 4.80. The first-order chi connectivity index (χ1) is 6.34. The van der Waals surface area contributed by atoms with Crippen LogP contribution >= 0.6 is 0 Å². The molecule has 13 heavy (non-hydrogen) atoms. The smallest absolute Gasteiger partial charge is 0.116 e. The number of benzene rings is 1. The van der Waals surface area contributed by atoms with Crippen molar-refractivity contribution in [2.24, 2.45) is 5.16 Å². The van der Waals surface area contributed by atoms with Gasteiger partial charge in [-0.1, -0.05) is 36.3 Å². The van der Waals surface area contributed by atoms with Crippen molar-refractivity contribution < 1.29 is 4.84 Å². The van der Waals surface area contributed by atoms with Gasteiger partial charge in [-0.3, -0.25) is 0 Å². The summed E-state index contributed by atoms with van der Waals surface area (Å²) in [7, 11) is 0. The van der Waals surface area contributed by atoms with E-state index >= 15 is 0 Å². The molecule has 0 aliphatic rings. The molecule has 2 heteroatoms. The third-order valence-corrected chi connectivity index (χ3v) is 1.75. The van der Waals surface area contributed by atoms with Crippen LogP contribution in [0.4, 0.5) is 0 Å². The standard InChI is InChI=1S/C11H15NO/c1-3-8-13-12-9-11-7-5-4-6-10(11)2/h4-7,9H,3,8H2,1-2H3. The molecule has 0 heterocycles. The van der Waals surface area contributed by atoms with Gasteiger partial charge >= 0.3 is 0 Å². The summed E-state index contributed by atoms with van der Waals surface area (Å²) in [6.07, 6.45) is 2.75. The van der Waals surface area contributed by atoms with E-state index in [-0.39, 0.29) is 0 Å². The monoisotopic (exact) mass is 177 g/mol. The number of hydrogen-bond donors (Lipinski definition) is 0. The van der Waals surface area contributed by atoms with Gasteiger partial charge in [0.05, 0.1) is 6.21 Å². The minimum atomic E-state index is 0.683. The van der Waals surface area contributed by atoms with E-state index < -0.39 is 0 Å². The second-order valence-corrected chi connectivity index (χ2v) is 2.92. The van der Waals surface area contributed by atoms with Gasteiger partial charge in [-0.25, -0.2) is 0 Å². The molecule has 1 aromatic carbocycles. The Morgan fingerprint density at radius 1 is 1.38 bits per heavy atom. The lowest BCUT2D eigenvalue weighted by Crippen LogP contribution is -1.88. The Hall–Kier alpha value is -1.31. The maximum absolute atomic E-state index is 5.01. The normalized spacial score (nSPS) is 10.6. The van der Waals surface area contributed by atoms with E-state index in [1.54, 1.807) is 6.21 Å². The zero-order valence-corrected chi connectivity index (χ0v) is 8.16. The van der Waals surface area contributed by atoms with Crippen molar-refractivity contribution >= 4 is 6.21 Å². The first-order valence-corrected chi connectivity index (χ1v) is 4.55. The maximum atomic E-state index is 5.01. The molecule has 0 atom stereocenters. The summed E-state index contributed by atoms with van der Waals surface area (Å²) in [6, 6.07) is 8.09. The Morgan fingerprint density at radius 3 is 2.85 bits per heavy atom. The highest BCUT2D eigenvalue weighted by Crippen LogP contribution is 2.03. The van der Waals surface area contributed by atoms with Crippen molar-refractivity contribution in [2.75, 3.05) is 6.61 Å². The van der Waals surface area contributed by atoms with Crippen molar-refractivity contribution in [2.45, 2.75) is 20.3 Å². The van der Waals surface area contributed by atoms with E-state index in [1.807, 2.05) is 18.2 Å². The third kappa shape index (κ3) is 3.28. The van der Waals surface area contributed by atoms with E-state index in [2.05, 4.69) is 25.1 Å². The summed E-state index contributed by atoms with van der Waals surface area (Å²) >= 11 is 0. The molecule has 0 spiro atoms. The molecule has 2 nitrogen and oxygen atoms in total. The molecule has 0 bridgehead atoms. The molecule has 0 aliphatic carbocycles. The van der Waals surface area contributed by atoms with Gasteiger partial charge in [0.25, 0.3) is 0 Å². The van der Waals surface area contributed by atoms with Crippen LogP contribution in [0.25, 0.3) is 0 Å². The summed E-state index contributed by atoms with van der Waals surface area (Å²) in [5, 5.41) is 3.87. The molecule has 0 saturated heterocycles. The summed E-state index contributed by atoms with van der Waals surface area (Å²) < 4.78 is 0. The first-order valence-electron chi connectivity index (χ1n) is 4.55. The van der Waals surface area contributed by atoms with E-state index in [1.165, 1.54) is 5.56 Å². The third-order valence-electron chi connectivity index (χ3n) is 1.75. The Bertz CT molecular complexity index is 281. The fourth-order valence-corrected chi connectivity index (χ4v) is 0.970. The van der Waals surface area contributed by atoms with Crippen molar-refractivity contribution in [1.82, 2.24) is 0 Å². The lowest BCUT2D eigenvalue weighted by atomic mass is 10.1. The van der Waals surface area contributed by atoms with Gasteiger partial charge in [0.2, 0.25) is 0 Å². The van der Waals surface area contributed by atoms with E-state index in [9.17, 15) is 0 Å². The molecule has 1 aromatic rings. The van der Waals surface area contributed by atoms with Gasteiger partial charge in [0.1, 0.15) is 6.61 Å². The molecule has 0 amide bonds. The van der Waals surface area contributed by atoms with Gasteiger partial charge in [-0.05, 0) is 24.5 Å². The molecule has 0 saturated carbocycles. The zero-order valence-electron chi connectivity index (χ0n) is 8.16. The summed E-state index contributed by atoms with van der Waals surface area (Å²) in [4.78, 5) is 5.01. The summed E-state index contributed by atoms with van der Waals surface area (Å²) in [5.74, 6) is 0. The number of rotatable bonds is 4. The van der Waals surface area contributed by atoms with Crippen LogP contribution in [0.5, 0.6) is 0 Å². The van der Waals surface area contributed by atoms with Crippen molar-refractivity contribution in [1.29, 1.82) is 0 Å². The molecule has 0 aromatic heterocycles. The Balaban J connectivity index is 2.53. The maximum Gasteiger partial charge on any atom is 0.116 e. The van der Waals surface area contributed by atoms with Gasteiger partial charge in [-0.2, -0.15) is 0 Å².